The fourth-order valence-electron chi connectivity index (χ4n) is 3.39. The van der Waals surface area contributed by atoms with Crippen molar-refractivity contribution in [3.8, 4) is 23.0 Å². The van der Waals surface area contributed by atoms with Gasteiger partial charge >= 0.3 is 0 Å². The molecule has 146 valence electrons. The summed E-state index contributed by atoms with van der Waals surface area (Å²) in [4.78, 5) is 26.3. The molecule has 0 spiro atoms. The van der Waals surface area contributed by atoms with Crippen LogP contribution >= 0.6 is 0 Å². The molecule has 0 saturated heterocycles. The van der Waals surface area contributed by atoms with E-state index < -0.39 is 0 Å². The number of fused-ring (bicyclic) bond motifs is 2. The zero-order valence-electron chi connectivity index (χ0n) is 15.4. The first-order valence-electron chi connectivity index (χ1n) is 8.92. The predicted molar refractivity (Wildman–Crippen MR) is 98.7 cm³/mol. The van der Waals surface area contributed by atoms with Gasteiger partial charge in [-0.1, -0.05) is 18.2 Å². The number of amides is 2. The Balaban J connectivity index is 1.54. The predicted octanol–water partition coefficient (Wildman–Crippen LogP) is 1.44. The molecule has 0 radical (unpaired) electrons. The zero-order valence-corrected chi connectivity index (χ0v) is 15.4. The van der Waals surface area contributed by atoms with E-state index in [1.807, 2.05) is 18.2 Å². The number of hydrogen-bond acceptors (Lipinski definition) is 6. The van der Waals surface area contributed by atoms with Crippen LogP contribution in [0.25, 0.3) is 0 Å². The first kappa shape index (κ1) is 18.0. The molecule has 2 N–H and O–H groups in total. The number of hydrogen-bond donors (Lipinski definition) is 2. The summed E-state index contributed by atoms with van der Waals surface area (Å²) in [6.07, 6.45) is 0.549. The monoisotopic (exact) mass is 384 g/mol. The normalized spacial score (nSPS) is 14.6. The number of phenolic OH excluding ortho intramolecular Hbond substituents is 1. The molecule has 0 fully saturated rings. The first-order valence-corrected chi connectivity index (χ1v) is 8.92. The largest absolute Gasteiger partial charge is 0.504 e. The number of benzene rings is 2. The summed E-state index contributed by atoms with van der Waals surface area (Å²) >= 11 is 0. The Morgan fingerprint density at radius 1 is 1.25 bits per heavy atom. The summed E-state index contributed by atoms with van der Waals surface area (Å²) in [6, 6.07) is 9.05. The number of nitrogens with one attached hydrogen (secondary N) is 1. The van der Waals surface area contributed by atoms with Gasteiger partial charge in [0, 0.05) is 25.7 Å². The van der Waals surface area contributed by atoms with Gasteiger partial charge in [-0.05, 0) is 24.1 Å². The van der Waals surface area contributed by atoms with E-state index in [9.17, 15) is 14.7 Å². The van der Waals surface area contributed by atoms with Crippen LogP contribution in [0.5, 0.6) is 23.0 Å². The lowest BCUT2D eigenvalue weighted by Gasteiger charge is -2.28. The van der Waals surface area contributed by atoms with Crippen molar-refractivity contribution in [2.45, 2.75) is 13.0 Å². The molecule has 0 atom stereocenters. The average Bonchev–Trinajstić information content (AvgIpc) is 3.19. The van der Waals surface area contributed by atoms with E-state index in [-0.39, 0.29) is 48.8 Å². The molecular weight excluding hydrogens is 364 g/mol. The van der Waals surface area contributed by atoms with Crippen LogP contribution in [-0.4, -0.2) is 48.8 Å². The van der Waals surface area contributed by atoms with Crippen molar-refractivity contribution in [1.29, 1.82) is 0 Å². The van der Waals surface area contributed by atoms with Crippen molar-refractivity contribution >= 4 is 11.8 Å². The third-order valence-electron chi connectivity index (χ3n) is 4.84. The van der Waals surface area contributed by atoms with E-state index in [4.69, 9.17) is 14.2 Å². The number of ether oxygens (including phenoxy) is 3. The Bertz CT molecular complexity index is 928. The Kier molecular flexibility index (Phi) is 4.68. The van der Waals surface area contributed by atoms with Gasteiger partial charge in [-0.25, -0.2) is 0 Å². The molecule has 28 heavy (non-hydrogen) atoms. The molecule has 0 bridgehead atoms. The van der Waals surface area contributed by atoms with E-state index in [2.05, 4.69) is 5.32 Å². The van der Waals surface area contributed by atoms with Crippen LogP contribution in [-0.2, 0) is 17.8 Å². The maximum Gasteiger partial charge on any atom is 0.258 e. The van der Waals surface area contributed by atoms with Crippen LogP contribution < -0.4 is 19.5 Å². The van der Waals surface area contributed by atoms with Gasteiger partial charge in [-0.3, -0.25) is 9.59 Å². The van der Waals surface area contributed by atoms with Gasteiger partial charge in [0.05, 0.1) is 5.56 Å². The molecule has 2 aromatic rings. The summed E-state index contributed by atoms with van der Waals surface area (Å²) in [5, 5.41) is 13.3. The molecule has 8 nitrogen and oxygen atoms in total. The van der Waals surface area contributed by atoms with Gasteiger partial charge in [0.15, 0.2) is 18.1 Å². The van der Waals surface area contributed by atoms with Gasteiger partial charge in [0.25, 0.3) is 11.8 Å². The molecule has 8 heteroatoms. The first-order chi connectivity index (χ1) is 13.6. The Morgan fingerprint density at radius 2 is 2.00 bits per heavy atom. The molecule has 0 unspecified atom stereocenters. The van der Waals surface area contributed by atoms with Crippen molar-refractivity contribution in [3.63, 3.8) is 0 Å². The second kappa shape index (κ2) is 7.30. The van der Waals surface area contributed by atoms with Crippen LogP contribution in [0, 0.1) is 0 Å². The number of rotatable bonds is 5. The Morgan fingerprint density at radius 3 is 2.79 bits per heavy atom. The molecule has 2 heterocycles. The van der Waals surface area contributed by atoms with Crippen molar-refractivity contribution in [1.82, 2.24) is 10.2 Å². The average molecular weight is 384 g/mol. The van der Waals surface area contributed by atoms with Crippen molar-refractivity contribution in [3.05, 3.63) is 47.0 Å². The maximum atomic E-state index is 12.5. The van der Waals surface area contributed by atoms with Gasteiger partial charge in [-0.2, -0.15) is 0 Å². The highest BCUT2D eigenvalue weighted by Crippen LogP contribution is 2.48. The molecule has 0 aliphatic carbocycles. The fraction of sp³-hybridized carbons (Fsp3) is 0.300. The van der Waals surface area contributed by atoms with Crippen molar-refractivity contribution < 1.29 is 28.9 Å². The number of carbonyl (C=O) groups excluding carboxylic acids is 2. The van der Waals surface area contributed by atoms with Gasteiger partial charge in [-0.15, -0.1) is 0 Å². The zero-order chi connectivity index (χ0) is 19.7. The quantitative estimate of drug-likeness (QED) is 0.810. The highest BCUT2D eigenvalue weighted by molar-refractivity contribution is 6.01. The van der Waals surface area contributed by atoms with Gasteiger partial charge in [0.1, 0.15) is 5.75 Å². The third-order valence-corrected chi connectivity index (χ3v) is 4.84. The second-order valence-electron chi connectivity index (χ2n) is 6.60. The Labute approximate surface area is 161 Å². The Hall–Kier alpha value is -3.42. The van der Waals surface area contributed by atoms with Crippen LogP contribution in [0.1, 0.15) is 21.5 Å². The molecule has 2 aliphatic rings. The molecule has 2 amide bonds. The number of nitrogens with zero attached hydrogens (tertiary/aromatic N) is 1. The SMILES string of the molecule is CN1CCc2c(CNC(=O)COc3ccccc3)c3c(c(O)c2C1=O)OCO3. The van der Waals surface area contributed by atoms with E-state index in [0.29, 0.717) is 35.6 Å². The number of phenols is 1. The summed E-state index contributed by atoms with van der Waals surface area (Å²) in [6.45, 7) is 0.477. The summed E-state index contributed by atoms with van der Waals surface area (Å²) in [5.74, 6) is 0.326. The minimum absolute atomic E-state index is 0.0477. The number of likely N-dealkylation sites (N-methyl/N-ethyl adjacent to an activating group) is 1. The summed E-state index contributed by atoms with van der Waals surface area (Å²) in [5.41, 5.74) is 1.53. The van der Waals surface area contributed by atoms with Gasteiger partial charge in [0.2, 0.25) is 12.5 Å². The van der Waals surface area contributed by atoms with Crippen molar-refractivity contribution in [2.24, 2.45) is 0 Å². The van der Waals surface area contributed by atoms with E-state index in [0.717, 1.165) is 0 Å². The maximum absolute atomic E-state index is 12.5. The van der Waals surface area contributed by atoms with E-state index >= 15 is 0 Å². The number of aromatic hydroxyl groups is 1. The van der Waals surface area contributed by atoms with Crippen LogP contribution in [0.4, 0.5) is 0 Å². The minimum atomic E-state index is -0.308. The minimum Gasteiger partial charge on any atom is -0.504 e. The lowest BCUT2D eigenvalue weighted by atomic mass is 9.91. The molecular formula is C20H20N2O6. The standard InChI is InChI=1S/C20H20N2O6/c1-22-8-7-13-14(9-21-15(23)10-26-12-5-3-2-4-6-12)18-19(28-11-27-18)17(24)16(13)20(22)25/h2-6,24H,7-11H2,1H3,(H,21,23). The highest BCUT2D eigenvalue weighted by Gasteiger charge is 2.35. The van der Waals surface area contributed by atoms with Crippen LogP contribution in [0.2, 0.25) is 0 Å². The van der Waals surface area contributed by atoms with Crippen molar-refractivity contribution in [2.75, 3.05) is 27.0 Å². The molecule has 0 saturated carbocycles. The molecule has 2 aromatic carbocycles. The topological polar surface area (TPSA) is 97.3 Å². The summed E-state index contributed by atoms with van der Waals surface area (Å²) < 4.78 is 16.3. The number of para-hydroxylation sites is 1. The lowest BCUT2D eigenvalue weighted by Crippen LogP contribution is -2.36. The molecule has 2 aliphatic heterocycles. The smallest absolute Gasteiger partial charge is 0.258 e. The van der Waals surface area contributed by atoms with E-state index in [1.165, 1.54) is 0 Å². The van der Waals surface area contributed by atoms with Crippen LogP contribution in [0.15, 0.2) is 30.3 Å². The second-order valence-corrected chi connectivity index (χ2v) is 6.60. The number of carbonyl (C=O) groups is 2. The molecule has 4 rings (SSSR count). The third kappa shape index (κ3) is 3.17. The molecule has 0 aromatic heterocycles. The van der Waals surface area contributed by atoms with Crippen LogP contribution in [0.3, 0.4) is 0 Å². The lowest BCUT2D eigenvalue weighted by molar-refractivity contribution is -0.123. The summed E-state index contributed by atoms with van der Waals surface area (Å²) in [7, 11) is 1.68. The van der Waals surface area contributed by atoms with Gasteiger partial charge < -0.3 is 29.5 Å². The van der Waals surface area contributed by atoms with E-state index in [1.54, 1.807) is 24.1 Å². The fourth-order valence-corrected chi connectivity index (χ4v) is 3.39. The highest BCUT2D eigenvalue weighted by atomic mass is 16.7.